The smallest absolute Gasteiger partial charge is 0.283 e. The number of alkyl halides is 2. The number of para-hydroxylation sites is 1. The fourth-order valence-corrected chi connectivity index (χ4v) is 2.56. The molecular formula is C16H21F2N. The molecule has 0 bridgehead atoms. The number of anilines is 1. The second kappa shape index (κ2) is 6.18. The van der Waals surface area contributed by atoms with Gasteiger partial charge in [0.25, 0.3) is 5.92 Å². The molecule has 3 heteroatoms. The third-order valence-corrected chi connectivity index (χ3v) is 3.82. The van der Waals surface area contributed by atoms with E-state index in [1.807, 2.05) is 18.2 Å². The van der Waals surface area contributed by atoms with Crippen LogP contribution in [0.15, 0.2) is 42.5 Å². The normalized spacial score (nSPS) is 23.9. The Labute approximate surface area is 113 Å². The second-order valence-corrected chi connectivity index (χ2v) is 5.41. The molecule has 0 saturated heterocycles. The molecule has 0 amide bonds. The minimum absolute atomic E-state index is 0.322. The molecule has 2 unspecified atom stereocenters. The molecule has 0 radical (unpaired) electrons. The number of allylic oxidation sites excluding steroid dienone is 1. The van der Waals surface area contributed by atoms with Crippen LogP contribution >= 0.6 is 0 Å². The summed E-state index contributed by atoms with van der Waals surface area (Å²) in [5.74, 6) is -1.94. The summed E-state index contributed by atoms with van der Waals surface area (Å²) in [4.78, 5) is 0. The molecule has 1 N–H and O–H groups in total. The van der Waals surface area contributed by atoms with Crippen molar-refractivity contribution in [2.75, 3.05) is 11.9 Å². The lowest BCUT2D eigenvalue weighted by Gasteiger charge is -2.16. The fourth-order valence-electron chi connectivity index (χ4n) is 2.56. The zero-order valence-corrected chi connectivity index (χ0v) is 11.3. The van der Waals surface area contributed by atoms with Crippen molar-refractivity contribution in [1.82, 2.24) is 0 Å². The maximum Gasteiger partial charge on any atom is 0.283 e. The van der Waals surface area contributed by atoms with Gasteiger partial charge in [0.15, 0.2) is 0 Å². The summed E-state index contributed by atoms with van der Waals surface area (Å²) in [6.07, 6.45) is 6.15. The van der Waals surface area contributed by atoms with Gasteiger partial charge in [0.2, 0.25) is 0 Å². The summed E-state index contributed by atoms with van der Waals surface area (Å²) in [5.41, 5.74) is 0.727. The van der Waals surface area contributed by atoms with Crippen molar-refractivity contribution in [3.05, 3.63) is 42.5 Å². The summed E-state index contributed by atoms with van der Waals surface area (Å²) in [7, 11) is 0. The molecule has 0 aromatic heterocycles. The number of rotatable bonds is 5. The molecule has 2 rings (SSSR count). The van der Waals surface area contributed by atoms with Gasteiger partial charge in [0, 0.05) is 5.69 Å². The van der Waals surface area contributed by atoms with Gasteiger partial charge in [-0.25, -0.2) is 8.78 Å². The summed E-state index contributed by atoms with van der Waals surface area (Å²) < 4.78 is 27.5. The minimum Gasteiger partial charge on any atom is -0.379 e. The predicted octanol–water partition coefficient (Wildman–Crippen LogP) is 4.73. The maximum absolute atomic E-state index is 13.7. The summed E-state index contributed by atoms with van der Waals surface area (Å²) in [5, 5.41) is 2.77. The van der Waals surface area contributed by atoms with Crippen molar-refractivity contribution in [2.45, 2.75) is 32.1 Å². The number of benzene rings is 1. The predicted molar refractivity (Wildman–Crippen MR) is 75.5 cm³/mol. The van der Waals surface area contributed by atoms with Crippen LogP contribution in [0, 0.1) is 11.8 Å². The van der Waals surface area contributed by atoms with E-state index in [1.165, 1.54) is 0 Å². The Hall–Kier alpha value is -1.38. The zero-order valence-electron chi connectivity index (χ0n) is 11.3. The number of nitrogens with one attached hydrogen (secondary N) is 1. The Balaban J connectivity index is 1.86. The molecule has 0 aliphatic heterocycles. The van der Waals surface area contributed by atoms with Gasteiger partial charge in [-0.05, 0) is 36.5 Å². The van der Waals surface area contributed by atoms with Crippen molar-refractivity contribution in [3.63, 3.8) is 0 Å². The van der Waals surface area contributed by atoms with E-state index in [0.29, 0.717) is 11.8 Å². The Morgan fingerprint density at radius 2 is 2.00 bits per heavy atom. The van der Waals surface area contributed by atoms with E-state index in [2.05, 4.69) is 12.2 Å². The van der Waals surface area contributed by atoms with Gasteiger partial charge in [-0.15, -0.1) is 0 Å². The highest BCUT2D eigenvalue weighted by molar-refractivity contribution is 5.42. The molecule has 1 aromatic rings. The van der Waals surface area contributed by atoms with E-state index in [-0.39, 0.29) is 6.54 Å². The van der Waals surface area contributed by atoms with Crippen LogP contribution in [0.5, 0.6) is 0 Å². The standard InChI is InChI=1S/C16H21F2N/c1-13-6-5-7-14(13)10-11-16(17,18)12-19-15-8-3-2-4-9-15/h2-4,8-11,13-14,19H,5-7,12H2,1H3/b11-10+. The van der Waals surface area contributed by atoms with Gasteiger partial charge in [0.05, 0.1) is 6.54 Å². The molecular weight excluding hydrogens is 244 g/mol. The Morgan fingerprint density at radius 1 is 1.26 bits per heavy atom. The Kier molecular flexibility index (Phi) is 4.56. The molecule has 1 fully saturated rings. The van der Waals surface area contributed by atoms with Gasteiger partial charge in [-0.2, -0.15) is 0 Å². The highest BCUT2D eigenvalue weighted by atomic mass is 19.3. The van der Waals surface area contributed by atoms with Gasteiger partial charge in [0.1, 0.15) is 0 Å². The lowest BCUT2D eigenvalue weighted by atomic mass is 9.97. The van der Waals surface area contributed by atoms with E-state index in [9.17, 15) is 8.78 Å². The monoisotopic (exact) mass is 265 g/mol. The first-order chi connectivity index (χ1) is 9.07. The largest absolute Gasteiger partial charge is 0.379 e. The van der Waals surface area contributed by atoms with Crippen LogP contribution in [0.4, 0.5) is 14.5 Å². The van der Waals surface area contributed by atoms with E-state index in [1.54, 1.807) is 18.2 Å². The van der Waals surface area contributed by atoms with Crippen molar-refractivity contribution < 1.29 is 8.78 Å². The second-order valence-electron chi connectivity index (χ2n) is 5.41. The first-order valence-corrected chi connectivity index (χ1v) is 6.93. The van der Waals surface area contributed by atoms with Crippen molar-refractivity contribution >= 4 is 5.69 Å². The van der Waals surface area contributed by atoms with Crippen LogP contribution in [0.1, 0.15) is 26.2 Å². The molecule has 0 spiro atoms. The summed E-state index contributed by atoms with van der Waals surface area (Å²) >= 11 is 0. The summed E-state index contributed by atoms with van der Waals surface area (Å²) in [6.45, 7) is 1.79. The lowest BCUT2D eigenvalue weighted by Crippen LogP contribution is -2.25. The molecule has 1 aliphatic rings. The topological polar surface area (TPSA) is 12.0 Å². The molecule has 0 heterocycles. The Bertz CT molecular complexity index is 414. The SMILES string of the molecule is CC1CCCC1/C=C/C(F)(F)CNc1ccccc1. The van der Waals surface area contributed by atoms with Crippen molar-refractivity contribution in [3.8, 4) is 0 Å². The van der Waals surface area contributed by atoms with E-state index in [4.69, 9.17) is 0 Å². The third kappa shape index (κ3) is 4.34. The fraction of sp³-hybridized carbons (Fsp3) is 0.500. The Morgan fingerprint density at radius 3 is 2.63 bits per heavy atom. The summed E-state index contributed by atoms with van der Waals surface area (Å²) in [6, 6.07) is 9.11. The van der Waals surface area contributed by atoms with Gasteiger partial charge in [-0.1, -0.05) is 44.0 Å². The maximum atomic E-state index is 13.7. The van der Waals surface area contributed by atoms with Crippen LogP contribution in [0.25, 0.3) is 0 Å². The minimum atomic E-state index is -2.79. The molecule has 104 valence electrons. The average molecular weight is 265 g/mol. The molecule has 1 saturated carbocycles. The average Bonchev–Trinajstić information content (AvgIpc) is 2.81. The van der Waals surface area contributed by atoms with Crippen molar-refractivity contribution in [1.29, 1.82) is 0 Å². The first-order valence-electron chi connectivity index (χ1n) is 6.93. The molecule has 1 aromatic carbocycles. The van der Waals surface area contributed by atoms with Crippen LogP contribution in [0.2, 0.25) is 0 Å². The number of hydrogen-bond acceptors (Lipinski definition) is 1. The number of hydrogen-bond donors (Lipinski definition) is 1. The number of halogens is 2. The molecule has 1 aliphatic carbocycles. The highest BCUT2D eigenvalue weighted by Crippen LogP contribution is 2.33. The van der Waals surface area contributed by atoms with E-state index >= 15 is 0 Å². The molecule has 1 nitrogen and oxygen atoms in total. The third-order valence-electron chi connectivity index (χ3n) is 3.82. The molecule has 2 atom stereocenters. The van der Waals surface area contributed by atoms with Crippen LogP contribution in [-0.4, -0.2) is 12.5 Å². The van der Waals surface area contributed by atoms with E-state index < -0.39 is 5.92 Å². The lowest BCUT2D eigenvalue weighted by molar-refractivity contribution is 0.0693. The van der Waals surface area contributed by atoms with Crippen LogP contribution in [0.3, 0.4) is 0 Å². The van der Waals surface area contributed by atoms with Crippen molar-refractivity contribution in [2.24, 2.45) is 11.8 Å². The zero-order chi connectivity index (χ0) is 13.7. The quantitative estimate of drug-likeness (QED) is 0.759. The molecule has 19 heavy (non-hydrogen) atoms. The van der Waals surface area contributed by atoms with E-state index in [0.717, 1.165) is 31.0 Å². The highest BCUT2D eigenvalue weighted by Gasteiger charge is 2.27. The van der Waals surface area contributed by atoms with Gasteiger partial charge in [-0.3, -0.25) is 0 Å². The van der Waals surface area contributed by atoms with Gasteiger partial charge < -0.3 is 5.32 Å². The first kappa shape index (κ1) is 14.0. The van der Waals surface area contributed by atoms with Gasteiger partial charge >= 0.3 is 0 Å². The van der Waals surface area contributed by atoms with Crippen LogP contribution in [-0.2, 0) is 0 Å². The van der Waals surface area contributed by atoms with Crippen LogP contribution < -0.4 is 5.32 Å².